The number of rotatable bonds is 1. The first-order valence-electron chi connectivity index (χ1n) is 4.61. The molecule has 13 heavy (non-hydrogen) atoms. The molecular weight excluding hydrogens is 164 g/mol. The van der Waals surface area contributed by atoms with Crippen molar-refractivity contribution in [2.75, 3.05) is 18.0 Å². The number of aliphatic hydroxyl groups excluding tert-OH is 1. The summed E-state index contributed by atoms with van der Waals surface area (Å²) in [5, 5.41) is 9.35. The van der Waals surface area contributed by atoms with Gasteiger partial charge in [0.1, 0.15) is 5.82 Å². The fourth-order valence-electron chi connectivity index (χ4n) is 1.60. The highest BCUT2D eigenvalue weighted by Gasteiger charge is 2.20. The van der Waals surface area contributed by atoms with E-state index in [1.165, 1.54) is 5.56 Å². The molecule has 1 aromatic heterocycles. The number of pyridine rings is 1. The van der Waals surface area contributed by atoms with Crippen LogP contribution in [0.2, 0.25) is 0 Å². The zero-order chi connectivity index (χ0) is 9.26. The van der Waals surface area contributed by atoms with E-state index in [4.69, 9.17) is 0 Å². The van der Waals surface area contributed by atoms with E-state index < -0.39 is 0 Å². The average Bonchev–Trinajstić information content (AvgIpc) is 2.53. The molecule has 0 bridgehead atoms. The van der Waals surface area contributed by atoms with Gasteiger partial charge < -0.3 is 10.0 Å². The summed E-state index contributed by atoms with van der Waals surface area (Å²) in [5.74, 6) is 0.974. The first-order valence-corrected chi connectivity index (χ1v) is 4.61. The van der Waals surface area contributed by atoms with E-state index in [1.807, 2.05) is 25.3 Å². The van der Waals surface area contributed by atoms with Crippen molar-refractivity contribution in [1.82, 2.24) is 4.98 Å². The Balaban J connectivity index is 2.13. The van der Waals surface area contributed by atoms with Crippen molar-refractivity contribution in [3.8, 4) is 0 Å². The van der Waals surface area contributed by atoms with Crippen LogP contribution in [0.4, 0.5) is 5.82 Å². The highest BCUT2D eigenvalue weighted by molar-refractivity contribution is 5.40. The van der Waals surface area contributed by atoms with Gasteiger partial charge in [-0.2, -0.15) is 0 Å². The fourth-order valence-corrected chi connectivity index (χ4v) is 1.60. The molecule has 3 nitrogen and oxygen atoms in total. The topological polar surface area (TPSA) is 36.4 Å². The second-order valence-corrected chi connectivity index (χ2v) is 3.58. The van der Waals surface area contributed by atoms with E-state index >= 15 is 0 Å². The van der Waals surface area contributed by atoms with Crippen molar-refractivity contribution in [2.24, 2.45) is 0 Å². The zero-order valence-corrected chi connectivity index (χ0v) is 7.77. The Hall–Kier alpha value is -1.09. The number of aryl methyl sites for hydroxylation is 1. The summed E-state index contributed by atoms with van der Waals surface area (Å²) in [5.41, 5.74) is 1.17. The summed E-state index contributed by atoms with van der Waals surface area (Å²) in [6.07, 6.45) is 2.54. The maximum absolute atomic E-state index is 9.35. The van der Waals surface area contributed by atoms with E-state index in [0.29, 0.717) is 0 Å². The minimum atomic E-state index is -0.178. The summed E-state index contributed by atoms with van der Waals surface area (Å²) in [4.78, 5) is 6.42. The van der Waals surface area contributed by atoms with Gasteiger partial charge in [-0.05, 0) is 25.0 Å². The van der Waals surface area contributed by atoms with Crippen LogP contribution in [-0.2, 0) is 0 Å². The summed E-state index contributed by atoms with van der Waals surface area (Å²) in [6, 6.07) is 4.06. The number of nitrogens with zero attached hydrogens (tertiary/aromatic N) is 2. The van der Waals surface area contributed by atoms with Crippen molar-refractivity contribution >= 4 is 5.82 Å². The maximum atomic E-state index is 9.35. The van der Waals surface area contributed by atoms with Crippen LogP contribution >= 0.6 is 0 Å². The predicted octanol–water partition coefficient (Wildman–Crippen LogP) is 0.961. The fraction of sp³-hybridized carbons (Fsp3) is 0.500. The predicted molar refractivity (Wildman–Crippen MR) is 51.8 cm³/mol. The number of aromatic nitrogens is 1. The van der Waals surface area contributed by atoms with E-state index in [1.54, 1.807) is 0 Å². The molecule has 1 N–H and O–H groups in total. The van der Waals surface area contributed by atoms with E-state index in [9.17, 15) is 5.11 Å². The van der Waals surface area contributed by atoms with E-state index in [0.717, 1.165) is 25.3 Å². The molecule has 2 rings (SSSR count). The van der Waals surface area contributed by atoms with Crippen molar-refractivity contribution in [3.05, 3.63) is 23.9 Å². The van der Waals surface area contributed by atoms with Gasteiger partial charge in [-0.25, -0.2) is 4.98 Å². The van der Waals surface area contributed by atoms with Gasteiger partial charge in [0.2, 0.25) is 0 Å². The van der Waals surface area contributed by atoms with Crippen molar-refractivity contribution in [3.63, 3.8) is 0 Å². The number of β-amino-alcohol motifs (C(OH)–C–C–N with tert-alkyl or cyclic N) is 1. The van der Waals surface area contributed by atoms with Crippen LogP contribution in [0, 0.1) is 6.92 Å². The van der Waals surface area contributed by atoms with E-state index in [-0.39, 0.29) is 6.10 Å². The number of aliphatic hydroxyl groups is 1. The molecule has 1 aliphatic heterocycles. The molecule has 0 radical (unpaired) electrons. The third-order valence-electron chi connectivity index (χ3n) is 2.38. The van der Waals surface area contributed by atoms with Gasteiger partial charge in [-0.15, -0.1) is 0 Å². The number of hydrogen-bond donors (Lipinski definition) is 1. The molecule has 1 aliphatic rings. The minimum Gasteiger partial charge on any atom is -0.391 e. The Morgan fingerprint density at radius 1 is 1.54 bits per heavy atom. The van der Waals surface area contributed by atoms with Gasteiger partial charge in [-0.1, -0.05) is 6.07 Å². The molecule has 1 atom stereocenters. The lowest BCUT2D eigenvalue weighted by Crippen LogP contribution is -2.21. The van der Waals surface area contributed by atoms with Crippen LogP contribution in [0.3, 0.4) is 0 Å². The van der Waals surface area contributed by atoms with Gasteiger partial charge in [0.15, 0.2) is 0 Å². The van der Waals surface area contributed by atoms with E-state index in [2.05, 4.69) is 9.88 Å². The second-order valence-electron chi connectivity index (χ2n) is 3.58. The largest absolute Gasteiger partial charge is 0.391 e. The molecule has 0 aromatic carbocycles. The van der Waals surface area contributed by atoms with Crippen LogP contribution in [0.15, 0.2) is 18.3 Å². The van der Waals surface area contributed by atoms with Gasteiger partial charge in [0, 0.05) is 19.3 Å². The second kappa shape index (κ2) is 3.34. The van der Waals surface area contributed by atoms with Crippen LogP contribution in [0.1, 0.15) is 12.0 Å². The highest BCUT2D eigenvalue weighted by Crippen LogP contribution is 2.17. The highest BCUT2D eigenvalue weighted by atomic mass is 16.3. The molecule has 0 unspecified atom stereocenters. The normalized spacial score (nSPS) is 22.3. The SMILES string of the molecule is Cc1ccc(N2CC[C@H](O)C2)nc1. The summed E-state index contributed by atoms with van der Waals surface area (Å²) < 4.78 is 0. The van der Waals surface area contributed by atoms with Gasteiger partial charge in [0.25, 0.3) is 0 Å². The van der Waals surface area contributed by atoms with Gasteiger partial charge in [0.05, 0.1) is 6.10 Å². The Labute approximate surface area is 78.0 Å². The van der Waals surface area contributed by atoms with Crippen molar-refractivity contribution < 1.29 is 5.11 Å². The summed E-state index contributed by atoms with van der Waals surface area (Å²) in [7, 11) is 0. The van der Waals surface area contributed by atoms with Crippen LogP contribution < -0.4 is 4.90 Å². The zero-order valence-electron chi connectivity index (χ0n) is 7.77. The lowest BCUT2D eigenvalue weighted by Gasteiger charge is -2.15. The number of hydrogen-bond acceptors (Lipinski definition) is 3. The Kier molecular flexibility index (Phi) is 2.19. The molecule has 1 saturated heterocycles. The molecule has 70 valence electrons. The number of anilines is 1. The molecule has 0 aliphatic carbocycles. The molecule has 1 aromatic rings. The van der Waals surface area contributed by atoms with Gasteiger partial charge >= 0.3 is 0 Å². The third-order valence-corrected chi connectivity index (χ3v) is 2.38. The standard InChI is InChI=1S/C10H14N2O/c1-8-2-3-10(11-6-8)12-5-4-9(13)7-12/h2-3,6,9,13H,4-5,7H2,1H3/t9-/m0/s1. The maximum Gasteiger partial charge on any atom is 0.128 e. The lowest BCUT2D eigenvalue weighted by molar-refractivity contribution is 0.198. The van der Waals surface area contributed by atoms with Crippen molar-refractivity contribution in [1.29, 1.82) is 0 Å². The molecule has 0 spiro atoms. The van der Waals surface area contributed by atoms with Gasteiger partial charge in [-0.3, -0.25) is 0 Å². The smallest absolute Gasteiger partial charge is 0.128 e. The average molecular weight is 178 g/mol. The molecule has 3 heteroatoms. The summed E-state index contributed by atoms with van der Waals surface area (Å²) >= 11 is 0. The molecule has 0 saturated carbocycles. The molecule has 0 amide bonds. The van der Waals surface area contributed by atoms with Crippen LogP contribution in [0.25, 0.3) is 0 Å². The Morgan fingerprint density at radius 3 is 2.92 bits per heavy atom. The molecule has 2 heterocycles. The van der Waals surface area contributed by atoms with Crippen LogP contribution in [-0.4, -0.2) is 29.3 Å². The Morgan fingerprint density at radius 2 is 2.38 bits per heavy atom. The third kappa shape index (κ3) is 1.80. The quantitative estimate of drug-likeness (QED) is 0.696. The monoisotopic (exact) mass is 178 g/mol. The first-order chi connectivity index (χ1) is 6.25. The lowest BCUT2D eigenvalue weighted by atomic mass is 10.3. The summed E-state index contributed by atoms with van der Waals surface area (Å²) in [6.45, 7) is 3.66. The molecular formula is C10H14N2O. The minimum absolute atomic E-state index is 0.178. The molecule has 1 fully saturated rings. The first kappa shape index (κ1) is 8.51. The van der Waals surface area contributed by atoms with Crippen molar-refractivity contribution in [2.45, 2.75) is 19.4 Å². The van der Waals surface area contributed by atoms with Crippen LogP contribution in [0.5, 0.6) is 0 Å². The Bertz CT molecular complexity index is 283.